The van der Waals surface area contributed by atoms with Crippen molar-refractivity contribution in [3.63, 3.8) is 0 Å². The second-order valence-corrected chi connectivity index (χ2v) is 8.03. The van der Waals surface area contributed by atoms with E-state index in [1.165, 1.54) is 12.8 Å². The number of benzene rings is 1. The molecular weight excluding hydrogens is 366 g/mol. The van der Waals surface area contributed by atoms with Gasteiger partial charge >= 0.3 is 0 Å². The highest BCUT2D eigenvalue weighted by molar-refractivity contribution is 6.03. The van der Waals surface area contributed by atoms with Gasteiger partial charge in [-0.1, -0.05) is 26.8 Å². The molecule has 156 valence electrons. The Morgan fingerprint density at radius 2 is 1.90 bits per heavy atom. The first-order valence-electron chi connectivity index (χ1n) is 10.5. The molecule has 0 bridgehead atoms. The molecule has 1 fully saturated rings. The average molecular weight is 398 g/mol. The molecule has 1 aliphatic rings. The van der Waals surface area contributed by atoms with E-state index in [9.17, 15) is 9.59 Å². The highest BCUT2D eigenvalue weighted by Crippen LogP contribution is 2.22. The zero-order valence-corrected chi connectivity index (χ0v) is 17.6. The molecule has 0 atom stereocenters. The number of amides is 2. The second kappa shape index (κ2) is 9.74. The van der Waals surface area contributed by atoms with Crippen LogP contribution >= 0.6 is 0 Å². The fourth-order valence-corrected chi connectivity index (χ4v) is 3.52. The first-order valence-corrected chi connectivity index (χ1v) is 10.5. The summed E-state index contributed by atoms with van der Waals surface area (Å²) >= 11 is 0. The first-order chi connectivity index (χ1) is 14.0. The van der Waals surface area contributed by atoms with Crippen LogP contribution < -0.4 is 10.6 Å². The number of rotatable bonds is 8. The molecule has 6 nitrogen and oxygen atoms in total. The average Bonchev–Trinajstić information content (AvgIpc) is 3.36. The van der Waals surface area contributed by atoms with Gasteiger partial charge in [0, 0.05) is 36.3 Å². The number of nitrogens with one attached hydrogen (secondary N) is 2. The smallest absolute Gasteiger partial charge is 0.291 e. The molecule has 1 saturated heterocycles. The molecule has 0 aliphatic carbocycles. The topological polar surface area (TPSA) is 74.6 Å². The van der Waals surface area contributed by atoms with Gasteiger partial charge < -0.3 is 15.1 Å². The number of nitrogens with zero attached hydrogens (tertiary/aromatic N) is 1. The van der Waals surface area contributed by atoms with Gasteiger partial charge in [0.15, 0.2) is 5.76 Å². The second-order valence-electron chi connectivity index (χ2n) is 8.03. The van der Waals surface area contributed by atoms with Crippen LogP contribution in [0.4, 0.5) is 5.69 Å². The highest BCUT2D eigenvalue weighted by atomic mass is 16.4. The van der Waals surface area contributed by atoms with Crippen molar-refractivity contribution in [3.8, 4) is 0 Å². The van der Waals surface area contributed by atoms with E-state index in [1.807, 2.05) is 26.8 Å². The SMILES string of the molecule is CCc1oc(C(=O)Nc2cccc(C(=O)NCC(C)C)c2)cc1CN1CCCC1. The standard InChI is InChI=1S/C23H31N3O3/c1-4-20-18(15-26-10-5-6-11-26)13-21(29-20)23(28)25-19-9-7-8-17(12-19)22(27)24-14-16(2)3/h7-9,12-13,16H,4-6,10-11,14-15H2,1-3H3,(H,24,27)(H,25,28). The van der Waals surface area contributed by atoms with Crippen LogP contribution in [0.25, 0.3) is 0 Å². The normalized spacial score (nSPS) is 14.3. The van der Waals surface area contributed by atoms with Crippen LogP contribution in [-0.4, -0.2) is 36.3 Å². The van der Waals surface area contributed by atoms with Crippen LogP contribution in [0.15, 0.2) is 34.7 Å². The molecule has 1 aliphatic heterocycles. The van der Waals surface area contributed by atoms with Gasteiger partial charge in [-0.15, -0.1) is 0 Å². The monoisotopic (exact) mass is 397 g/mol. The molecular formula is C23H31N3O3. The van der Waals surface area contributed by atoms with Gasteiger partial charge in [0.25, 0.3) is 11.8 Å². The Labute approximate surface area is 172 Å². The van der Waals surface area contributed by atoms with Crippen molar-refractivity contribution in [2.24, 2.45) is 5.92 Å². The Balaban J connectivity index is 1.67. The minimum atomic E-state index is -0.299. The molecule has 0 saturated carbocycles. The lowest BCUT2D eigenvalue weighted by Gasteiger charge is -2.13. The maximum absolute atomic E-state index is 12.7. The van der Waals surface area contributed by atoms with Crippen molar-refractivity contribution in [1.82, 2.24) is 10.2 Å². The van der Waals surface area contributed by atoms with E-state index in [2.05, 4.69) is 15.5 Å². The van der Waals surface area contributed by atoms with Gasteiger partial charge in [-0.2, -0.15) is 0 Å². The molecule has 29 heavy (non-hydrogen) atoms. The van der Waals surface area contributed by atoms with Crippen LogP contribution in [-0.2, 0) is 13.0 Å². The summed E-state index contributed by atoms with van der Waals surface area (Å²) in [5, 5.41) is 5.74. The van der Waals surface area contributed by atoms with E-state index in [0.717, 1.165) is 37.4 Å². The number of aryl methyl sites for hydroxylation is 1. The van der Waals surface area contributed by atoms with E-state index < -0.39 is 0 Å². The van der Waals surface area contributed by atoms with Crippen molar-refractivity contribution in [2.75, 3.05) is 25.0 Å². The fourth-order valence-electron chi connectivity index (χ4n) is 3.52. The Hall–Kier alpha value is -2.60. The Bertz CT molecular complexity index is 851. The summed E-state index contributed by atoms with van der Waals surface area (Å²) in [4.78, 5) is 27.4. The molecule has 0 spiro atoms. The van der Waals surface area contributed by atoms with Crippen molar-refractivity contribution >= 4 is 17.5 Å². The van der Waals surface area contributed by atoms with Crippen LogP contribution in [0, 0.1) is 5.92 Å². The molecule has 2 heterocycles. The summed E-state index contributed by atoms with van der Waals surface area (Å²) in [6, 6.07) is 8.81. The predicted molar refractivity (Wildman–Crippen MR) is 114 cm³/mol. The van der Waals surface area contributed by atoms with Gasteiger partial charge in [-0.25, -0.2) is 0 Å². The third-order valence-electron chi connectivity index (χ3n) is 5.09. The number of likely N-dealkylation sites (tertiary alicyclic amines) is 1. The molecule has 0 unspecified atom stereocenters. The summed E-state index contributed by atoms with van der Waals surface area (Å²) in [7, 11) is 0. The third-order valence-corrected chi connectivity index (χ3v) is 5.09. The van der Waals surface area contributed by atoms with Crippen molar-refractivity contribution in [2.45, 2.75) is 46.6 Å². The number of hydrogen-bond donors (Lipinski definition) is 2. The number of carbonyl (C=O) groups excluding carboxylic acids is 2. The van der Waals surface area contributed by atoms with Crippen LogP contribution in [0.3, 0.4) is 0 Å². The molecule has 0 radical (unpaired) electrons. The zero-order chi connectivity index (χ0) is 20.8. The fraction of sp³-hybridized carbons (Fsp3) is 0.478. The van der Waals surface area contributed by atoms with Crippen molar-refractivity contribution in [3.05, 3.63) is 53.0 Å². The van der Waals surface area contributed by atoms with Crippen molar-refractivity contribution in [1.29, 1.82) is 0 Å². The summed E-state index contributed by atoms with van der Waals surface area (Å²) in [6.07, 6.45) is 3.21. The van der Waals surface area contributed by atoms with Gasteiger partial charge in [0.2, 0.25) is 0 Å². The zero-order valence-electron chi connectivity index (χ0n) is 17.6. The Morgan fingerprint density at radius 3 is 2.59 bits per heavy atom. The van der Waals surface area contributed by atoms with Crippen LogP contribution in [0.5, 0.6) is 0 Å². The maximum atomic E-state index is 12.7. The molecule has 2 aromatic rings. The molecule has 3 rings (SSSR count). The van der Waals surface area contributed by atoms with Crippen LogP contribution in [0.2, 0.25) is 0 Å². The molecule has 6 heteroatoms. The third kappa shape index (κ3) is 5.70. The summed E-state index contributed by atoms with van der Waals surface area (Å²) in [5.41, 5.74) is 2.18. The maximum Gasteiger partial charge on any atom is 0.291 e. The van der Waals surface area contributed by atoms with Crippen LogP contribution in [0.1, 0.15) is 65.8 Å². The molecule has 2 amide bonds. The number of anilines is 1. The lowest BCUT2D eigenvalue weighted by Crippen LogP contribution is -2.27. The Kier molecular flexibility index (Phi) is 7.09. The van der Waals surface area contributed by atoms with Gasteiger partial charge in [0.1, 0.15) is 5.76 Å². The minimum Gasteiger partial charge on any atom is -0.456 e. The molecule has 2 N–H and O–H groups in total. The number of carbonyl (C=O) groups is 2. The van der Waals surface area contributed by atoms with E-state index >= 15 is 0 Å². The quantitative estimate of drug-likeness (QED) is 0.704. The van der Waals surface area contributed by atoms with Gasteiger partial charge in [0.05, 0.1) is 0 Å². The molecule has 1 aromatic carbocycles. The molecule has 1 aromatic heterocycles. The van der Waals surface area contributed by atoms with E-state index in [4.69, 9.17) is 4.42 Å². The van der Waals surface area contributed by atoms with E-state index in [-0.39, 0.29) is 11.8 Å². The first kappa shape index (κ1) is 21.1. The Morgan fingerprint density at radius 1 is 1.14 bits per heavy atom. The lowest BCUT2D eigenvalue weighted by atomic mass is 10.1. The summed E-state index contributed by atoms with van der Waals surface area (Å²) in [5.74, 6) is 1.11. The van der Waals surface area contributed by atoms with E-state index in [1.54, 1.807) is 24.3 Å². The summed E-state index contributed by atoms with van der Waals surface area (Å²) < 4.78 is 5.83. The number of furan rings is 1. The van der Waals surface area contributed by atoms with Gasteiger partial charge in [-0.05, 0) is 56.1 Å². The van der Waals surface area contributed by atoms with Gasteiger partial charge in [-0.3, -0.25) is 14.5 Å². The summed E-state index contributed by atoms with van der Waals surface area (Å²) in [6.45, 7) is 9.76. The number of hydrogen-bond acceptors (Lipinski definition) is 4. The largest absolute Gasteiger partial charge is 0.456 e. The highest BCUT2D eigenvalue weighted by Gasteiger charge is 2.20. The lowest BCUT2D eigenvalue weighted by molar-refractivity contribution is 0.0947. The van der Waals surface area contributed by atoms with E-state index in [0.29, 0.717) is 29.5 Å². The van der Waals surface area contributed by atoms with Crippen molar-refractivity contribution < 1.29 is 14.0 Å². The predicted octanol–water partition coefficient (Wildman–Crippen LogP) is 4.08. The minimum absolute atomic E-state index is 0.144.